The number of rotatable bonds is 11. The normalized spacial score (nSPS) is 13.9. The molecule has 0 radical (unpaired) electrons. The van der Waals surface area contributed by atoms with Gasteiger partial charge in [0.2, 0.25) is 0 Å². The van der Waals surface area contributed by atoms with Crippen LogP contribution >= 0.6 is 22.7 Å². The van der Waals surface area contributed by atoms with Gasteiger partial charge >= 0.3 is 0 Å². The zero-order valence-corrected chi connectivity index (χ0v) is 34.8. The maximum atomic E-state index is 9.95. The molecule has 0 fully saturated rings. The lowest BCUT2D eigenvalue weighted by molar-refractivity contribution is 0.0554. The molecule has 4 nitrogen and oxygen atoms in total. The topological polar surface area (TPSA) is 47.9 Å². The number of aliphatic hydroxyl groups excluding tert-OH is 1. The zero-order chi connectivity index (χ0) is 39.3. The Bertz CT molecular complexity index is 3050. The number of hydrogen-bond donors (Lipinski definition) is 1. The molecule has 8 aromatic rings. The number of aryl methyl sites for hydroxylation is 1. The van der Waals surface area contributed by atoms with Crippen LogP contribution in [0.25, 0.3) is 81.7 Å². The van der Waals surface area contributed by atoms with E-state index in [4.69, 9.17) is 14.2 Å². The molecule has 2 aliphatic carbocycles. The van der Waals surface area contributed by atoms with Crippen molar-refractivity contribution < 1.29 is 19.3 Å². The van der Waals surface area contributed by atoms with Gasteiger partial charge in [-0.3, -0.25) is 0 Å². The highest BCUT2D eigenvalue weighted by atomic mass is 32.1. The van der Waals surface area contributed by atoms with Gasteiger partial charge in [0.05, 0.1) is 19.3 Å². The van der Waals surface area contributed by atoms with E-state index in [2.05, 4.69) is 122 Å². The van der Waals surface area contributed by atoms with E-state index in [1.165, 1.54) is 68.2 Å². The van der Waals surface area contributed by atoms with Crippen molar-refractivity contribution in [2.24, 2.45) is 0 Å². The molecular formula is C52H46O4S2. The third-order valence-corrected chi connectivity index (χ3v) is 14.2. The molecular weight excluding hydrogens is 753 g/mol. The van der Waals surface area contributed by atoms with Crippen molar-refractivity contribution in [2.45, 2.75) is 52.6 Å². The highest BCUT2D eigenvalue weighted by Gasteiger charge is 2.25. The first kappa shape index (κ1) is 37.1. The van der Waals surface area contributed by atoms with Gasteiger partial charge in [0, 0.05) is 35.3 Å². The molecule has 10 rings (SSSR count). The minimum Gasteiger partial charge on any atom is -0.491 e. The van der Waals surface area contributed by atoms with Crippen LogP contribution in [0.4, 0.5) is 0 Å². The van der Waals surface area contributed by atoms with E-state index in [1.807, 2.05) is 36.5 Å². The average molecular weight is 799 g/mol. The fourth-order valence-electron chi connectivity index (χ4n) is 9.04. The van der Waals surface area contributed by atoms with E-state index in [9.17, 15) is 5.11 Å². The van der Waals surface area contributed by atoms with Crippen LogP contribution < -0.4 is 19.2 Å². The Hall–Kier alpha value is -5.24. The molecule has 2 aliphatic rings. The van der Waals surface area contributed by atoms with E-state index in [-0.39, 0.29) is 19.3 Å². The van der Waals surface area contributed by atoms with E-state index >= 15 is 0 Å². The van der Waals surface area contributed by atoms with Crippen LogP contribution in [0.5, 0.6) is 11.5 Å². The lowest BCUT2D eigenvalue weighted by atomic mass is 9.85. The van der Waals surface area contributed by atoms with Gasteiger partial charge in [-0.05, 0) is 137 Å². The van der Waals surface area contributed by atoms with Crippen molar-refractivity contribution in [3.05, 3.63) is 134 Å². The van der Waals surface area contributed by atoms with E-state index in [1.54, 1.807) is 0 Å². The molecule has 0 bridgehead atoms. The molecule has 0 unspecified atom stereocenters. The Morgan fingerprint density at radius 3 is 2.14 bits per heavy atom. The maximum Gasteiger partial charge on any atom is 0.128 e. The summed E-state index contributed by atoms with van der Waals surface area (Å²) in [6.45, 7) is 7.40. The molecule has 290 valence electrons. The number of fused-ring (bicyclic) bond motifs is 8. The molecule has 1 N–H and O–H groups in total. The largest absolute Gasteiger partial charge is 0.491 e. The highest BCUT2D eigenvalue weighted by molar-refractivity contribution is 7.20. The van der Waals surface area contributed by atoms with E-state index in [0.29, 0.717) is 19.0 Å². The molecule has 6 heteroatoms. The van der Waals surface area contributed by atoms with Crippen LogP contribution in [0.1, 0.15) is 56.0 Å². The molecule has 6 aromatic carbocycles. The Kier molecular flexibility index (Phi) is 9.90. The van der Waals surface area contributed by atoms with Crippen molar-refractivity contribution in [2.75, 3.05) is 26.4 Å². The molecule has 0 saturated heterocycles. The van der Waals surface area contributed by atoms with E-state index < -0.39 is 0 Å². The molecule has 2 heterocycles. The first-order valence-corrected chi connectivity index (χ1v) is 22.2. The Labute approximate surface area is 347 Å². The van der Waals surface area contributed by atoms with Crippen molar-refractivity contribution in [1.82, 2.24) is 0 Å². The number of ether oxygens (including phenoxy) is 3. The van der Waals surface area contributed by atoms with Crippen LogP contribution in [-0.4, -0.2) is 37.6 Å². The van der Waals surface area contributed by atoms with Gasteiger partial charge in [-0.2, -0.15) is 0 Å². The average Bonchev–Trinajstić information content (AvgIpc) is 3.82. The molecule has 2 aromatic heterocycles. The Morgan fingerprint density at radius 2 is 1.36 bits per heavy atom. The number of thiophene rings is 2. The van der Waals surface area contributed by atoms with Gasteiger partial charge in [-0.25, -0.2) is 0 Å². The van der Waals surface area contributed by atoms with Crippen molar-refractivity contribution in [3.63, 3.8) is 0 Å². The van der Waals surface area contributed by atoms with Crippen molar-refractivity contribution in [1.29, 1.82) is 0 Å². The summed E-state index contributed by atoms with van der Waals surface area (Å²) in [6, 6.07) is 37.8. The number of aliphatic hydroxyl groups is 1. The SMILES string of the molecule is CC1=C(c2ccc3c(-c4c(OCCO)ccc5cc(-c6cccc7c8c(sc67)=CCCC=8)ccc45)c(OCCOC(C)C)ccc3c2)c2sc3ccccc3c2CC1. The predicted octanol–water partition coefficient (Wildman–Crippen LogP) is 12.1. The molecule has 0 atom stereocenters. The Morgan fingerprint density at radius 1 is 0.655 bits per heavy atom. The summed E-state index contributed by atoms with van der Waals surface area (Å²) in [5.74, 6) is 1.49. The van der Waals surface area contributed by atoms with Crippen molar-refractivity contribution in [3.8, 4) is 33.8 Å². The molecule has 0 saturated carbocycles. The summed E-state index contributed by atoms with van der Waals surface area (Å²) in [4.78, 5) is 1.40. The Balaban J connectivity index is 1.15. The molecule has 0 amide bonds. The molecule has 0 aliphatic heterocycles. The van der Waals surface area contributed by atoms with Crippen LogP contribution in [0.3, 0.4) is 0 Å². The highest BCUT2D eigenvalue weighted by Crippen LogP contribution is 2.49. The second-order valence-electron chi connectivity index (χ2n) is 15.7. The molecule has 58 heavy (non-hydrogen) atoms. The van der Waals surface area contributed by atoms with Gasteiger partial charge < -0.3 is 19.3 Å². The number of benzene rings is 6. The van der Waals surface area contributed by atoms with Gasteiger partial charge in [0.25, 0.3) is 0 Å². The summed E-state index contributed by atoms with van der Waals surface area (Å²) >= 11 is 3.82. The lowest BCUT2D eigenvalue weighted by Crippen LogP contribution is -2.20. The standard InChI is InChI=1S/C52H46O4S2/c1-31(2)54-27-28-56-45-24-19-34-30-36(48-32(3)15-20-43-41-10-5-7-14-47(41)58-52(43)48)17-22-38(34)50(45)49-37-21-16-35(29-33(37)18-23-44(49)55-26-25-53)39-11-8-12-42-40-9-4-6-13-46(40)57-51(39)42/h5,7-14,16-19,21-24,29-31,53H,4,6,15,20,25-28H2,1-3H3. The third kappa shape index (κ3) is 6.53. The predicted molar refractivity (Wildman–Crippen MR) is 246 cm³/mol. The van der Waals surface area contributed by atoms with Crippen LogP contribution in [-0.2, 0) is 11.2 Å². The van der Waals surface area contributed by atoms with Crippen LogP contribution in [0.2, 0.25) is 0 Å². The molecule has 0 spiro atoms. The second-order valence-corrected chi connectivity index (χ2v) is 17.8. The minimum absolute atomic E-state index is 0.0803. The summed E-state index contributed by atoms with van der Waals surface area (Å²) in [6.07, 6.45) is 9.24. The van der Waals surface area contributed by atoms with Gasteiger partial charge in [0.1, 0.15) is 24.7 Å². The summed E-state index contributed by atoms with van der Waals surface area (Å²) in [7, 11) is 0. The minimum atomic E-state index is -0.0803. The summed E-state index contributed by atoms with van der Waals surface area (Å²) < 4.78 is 23.0. The summed E-state index contributed by atoms with van der Waals surface area (Å²) in [5, 5.41) is 18.5. The number of hydrogen-bond acceptors (Lipinski definition) is 6. The monoisotopic (exact) mass is 798 g/mol. The van der Waals surface area contributed by atoms with Crippen LogP contribution in [0, 0.1) is 0 Å². The van der Waals surface area contributed by atoms with Gasteiger partial charge in [0.15, 0.2) is 0 Å². The third-order valence-electron chi connectivity index (χ3n) is 11.7. The quantitative estimate of drug-likeness (QED) is 0.132. The second kappa shape index (κ2) is 15.5. The fraction of sp³-hybridized carbons (Fsp3) is 0.231. The van der Waals surface area contributed by atoms with Gasteiger partial charge in [-0.15, -0.1) is 22.7 Å². The smallest absolute Gasteiger partial charge is 0.128 e. The fourth-order valence-corrected chi connectivity index (χ4v) is 11.7. The van der Waals surface area contributed by atoms with Crippen molar-refractivity contribution >= 4 is 82.1 Å². The summed E-state index contributed by atoms with van der Waals surface area (Å²) in [5.41, 5.74) is 9.89. The lowest BCUT2D eigenvalue weighted by Gasteiger charge is -2.22. The zero-order valence-electron chi connectivity index (χ0n) is 33.2. The maximum absolute atomic E-state index is 9.95. The first-order chi connectivity index (χ1) is 28.5. The van der Waals surface area contributed by atoms with Gasteiger partial charge in [-0.1, -0.05) is 90.5 Å². The van der Waals surface area contributed by atoms with Crippen LogP contribution in [0.15, 0.2) is 109 Å². The van der Waals surface area contributed by atoms with E-state index in [0.717, 1.165) is 64.1 Å². The number of allylic oxidation sites excluding steroid dienone is 1. The first-order valence-electron chi connectivity index (χ1n) is 20.5.